The summed E-state index contributed by atoms with van der Waals surface area (Å²) < 4.78 is 5.58. The van der Waals surface area contributed by atoms with Crippen LogP contribution in [-0.2, 0) is 4.74 Å². The summed E-state index contributed by atoms with van der Waals surface area (Å²) in [5, 5.41) is 7.33. The summed E-state index contributed by atoms with van der Waals surface area (Å²) in [6.45, 7) is 5.74. The molecule has 5 nitrogen and oxygen atoms in total. The minimum atomic E-state index is 0.0486. The zero-order valence-electron chi connectivity index (χ0n) is 10.2. The monoisotopic (exact) mass is 234 g/mol. The van der Waals surface area contributed by atoms with E-state index in [1.807, 2.05) is 12.1 Å². The molecule has 2 rings (SSSR count). The molecule has 2 atom stereocenters. The van der Waals surface area contributed by atoms with E-state index in [9.17, 15) is 0 Å². The van der Waals surface area contributed by atoms with Gasteiger partial charge in [-0.2, -0.15) is 0 Å². The maximum Gasteiger partial charge on any atom is 0.128 e. The van der Waals surface area contributed by atoms with Crippen molar-refractivity contribution in [2.45, 2.75) is 26.0 Å². The third kappa shape index (κ3) is 2.55. The fourth-order valence-electron chi connectivity index (χ4n) is 1.94. The van der Waals surface area contributed by atoms with E-state index in [1.165, 1.54) is 0 Å². The van der Waals surface area contributed by atoms with Crippen LogP contribution in [0.4, 0.5) is 5.82 Å². The molecule has 1 aliphatic rings. The second-order valence-electron chi connectivity index (χ2n) is 4.46. The molecule has 92 valence electrons. The third-order valence-corrected chi connectivity index (χ3v) is 2.96. The number of nitrogen functional groups attached to an aromatic ring is 1. The van der Waals surface area contributed by atoms with Gasteiger partial charge in [0.15, 0.2) is 0 Å². The number of nitrogens with two attached hydrogens (primary N) is 1. The predicted octanol–water partition coefficient (Wildman–Crippen LogP) is 0.979. The molecule has 3 N–H and O–H groups in total. The number of aromatic nitrogens is 1. The van der Waals surface area contributed by atoms with Crippen molar-refractivity contribution in [1.82, 2.24) is 4.98 Å². The number of amidine groups is 1. The van der Waals surface area contributed by atoms with Crippen LogP contribution in [0.15, 0.2) is 18.3 Å². The Morgan fingerprint density at radius 1 is 1.53 bits per heavy atom. The van der Waals surface area contributed by atoms with Gasteiger partial charge < -0.3 is 15.4 Å². The molecular weight excluding hydrogens is 216 g/mol. The van der Waals surface area contributed by atoms with E-state index in [1.54, 1.807) is 6.20 Å². The van der Waals surface area contributed by atoms with Gasteiger partial charge in [-0.05, 0) is 26.0 Å². The molecule has 2 unspecified atom stereocenters. The molecule has 0 aliphatic carbocycles. The van der Waals surface area contributed by atoms with E-state index in [-0.39, 0.29) is 11.9 Å². The number of pyridine rings is 1. The summed E-state index contributed by atoms with van der Waals surface area (Å²) in [6.07, 6.45) is 1.87. The van der Waals surface area contributed by atoms with Gasteiger partial charge in [-0.1, -0.05) is 0 Å². The van der Waals surface area contributed by atoms with E-state index in [4.69, 9.17) is 15.9 Å². The first-order valence-electron chi connectivity index (χ1n) is 5.76. The maximum absolute atomic E-state index is 7.33. The number of morpholine rings is 1. The maximum atomic E-state index is 7.33. The number of ether oxygens (including phenoxy) is 1. The Kier molecular flexibility index (Phi) is 3.28. The van der Waals surface area contributed by atoms with Gasteiger partial charge in [-0.3, -0.25) is 5.41 Å². The second kappa shape index (κ2) is 4.71. The predicted molar refractivity (Wildman–Crippen MR) is 67.5 cm³/mol. The summed E-state index contributed by atoms with van der Waals surface area (Å²) in [6, 6.07) is 4.06. The van der Waals surface area contributed by atoms with Gasteiger partial charge in [0.1, 0.15) is 11.7 Å². The smallest absolute Gasteiger partial charge is 0.128 e. The normalized spacial score (nSPS) is 24.7. The molecule has 5 heteroatoms. The molecule has 1 aromatic heterocycles. The van der Waals surface area contributed by atoms with Crippen molar-refractivity contribution in [3.8, 4) is 0 Å². The van der Waals surface area contributed by atoms with E-state index in [2.05, 4.69) is 23.7 Å². The second-order valence-corrected chi connectivity index (χ2v) is 4.46. The largest absolute Gasteiger partial charge is 0.384 e. The SMILES string of the molecule is CC1CN(c2ccc(C(=N)N)cn2)C(C)CO1. The van der Waals surface area contributed by atoms with Crippen molar-refractivity contribution in [2.75, 3.05) is 18.1 Å². The Morgan fingerprint density at radius 2 is 2.29 bits per heavy atom. The van der Waals surface area contributed by atoms with E-state index in [0.29, 0.717) is 11.6 Å². The highest BCUT2D eigenvalue weighted by Gasteiger charge is 2.24. The molecule has 2 heterocycles. The number of hydrogen-bond acceptors (Lipinski definition) is 4. The highest BCUT2D eigenvalue weighted by Crippen LogP contribution is 2.19. The molecule has 1 saturated heterocycles. The lowest BCUT2D eigenvalue weighted by Gasteiger charge is -2.37. The summed E-state index contributed by atoms with van der Waals surface area (Å²) in [7, 11) is 0. The molecular formula is C12H18N4O. The lowest BCUT2D eigenvalue weighted by molar-refractivity contribution is 0.0340. The average Bonchev–Trinajstić information content (AvgIpc) is 2.32. The minimum absolute atomic E-state index is 0.0486. The van der Waals surface area contributed by atoms with Crippen LogP contribution in [0, 0.1) is 5.41 Å². The summed E-state index contributed by atoms with van der Waals surface area (Å²) in [4.78, 5) is 6.58. The van der Waals surface area contributed by atoms with Gasteiger partial charge in [0.05, 0.1) is 18.8 Å². The van der Waals surface area contributed by atoms with Gasteiger partial charge in [-0.15, -0.1) is 0 Å². The Morgan fingerprint density at radius 3 is 2.88 bits per heavy atom. The highest BCUT2D eigenvalue weighted by atomic mass is 16.5. The molecule has 1 aromatic rings. The van der Waals surface area contributed by atoms with Gasteiger partial charge in [0, 0.05) is 18.3 Å². The molecule has 1 fully saturated rings. The number of hydrogen-bond donors (Lipinski definition) is 2. The summed E-state index contributed by atoms with van der Waals surface area (Å²) in [5.41, 5.74) is 6.06. The molecule has 17 heavy (non-hydrogen) atoms. The molecule has 1 aliphatic heterocycles. The Bertz CT molecular complexity index is 403. The quantitative estimate of drug-likeness (QED) is 0.591. The molecule has 0 bridgehead atoms. The van der Waals surface area contributed by atoms with E-state index in [0.717, 1.165) is 19.0 Å². The van der Waals surface area contributed by atoms with Crippen molar-refractivity contribution in [3.63, 3.8) is 0 Å². The van der Waals surface area contributed by atoms with Crippen LogP contribution in [0.2, 0.25) is 0 Å². The van der Waals surface area contributed by atoms with Gasteiger partial charge in [0.25, 0.3) is 0 Å². The molecule has 0 spiro atoms. The molecule has 0 saturated carbocycles. The number of nitrogens with one attached hydrogen (secondary N) is 1. The first kappa shape index (κ1) is 11.9. The zero-order chi connectivity index (χ0) is 12.4. The van der Waals surface area contributed by atoms with Gasteiger partial charge in [-0.25, -0.2) is 4.98 Å². The average molecular weight is 234 g/mol. The van der Waals surface area contributed by atoms with Crippen LogP contribution >= 0.6 is 0 Å². The minimum Gasteiger partial charge on any atom is -0.384 e. The fourth-order valence-corrected chi connectivity index (χ4v) is 1.94. The van der Waals surface area contributed by atoms with Crippen LogP contribution in [0.25, 0.3) is 0 Å². The first-order valence-corrected chi connectivity index (χ1v) is 5.76. The zero-order valence-corrected chi connectivity index (χ0v) is 10.2. The van der Waals surface area contributed by atoms with Gasteiger partial charge >= 0.3 is 0 Å². The number of anilines is 1. The van der Waals surface area contributed by atoms with E-state index >= 15 is 0 Å². The Balaban J connectivity index is 2.18. The first-order chi connectivity index (χ1) is 8.08. The van der Waals surface area contributed by atoms with Crippen molar-refractivity contribution >= 4 is 11.7 Å². The van der Waals surface area contributed by atoms with Crippen LogP contribution in [0.1, 0.15) is 19.4 Å². The van der Waals surface area contributed by atoms with Crippen molar-refractivity contribution < 1.29 is 4.74 Å². The van der Waals surface area contributed by atoms with Crippen molar-refractivity contribution in [1.29, 1.82) is 5.41 Å². The van der Waals surface area contributed by atoms with Crippen molar-refractivity contribution in [2.24, 2.45) is 5.73 Å². The Hall–Kier alpha value is -1.62. The van der Waals surface area contributed by atoms with E-state index < -0.39 is 0 Å². The fraction of sp³-hybridized carbons (Fsp3) is 0.500. The standard InChI is InChI=1S/C12H18N4O/c1-8-7-17-9(2)6-16(8)11-4-3-10(5-15-11)12(13)14/h3-5,8-9H,6-7H2,1-2H3,(H3,13,14). The summed E-state index contributed by atoms with van der Waals surface area (Å²) >= 11 is 0. The van der Waals surface area contributed by atoms with Crippen LogP contribution in [0.5, 0.6) is 0 Å². The summed E-state index contributed by atoms with van der Waals surface area (Å²) in [5.74, 6) is 0.963. The number of nitrogens with zero attached hydrogens (tertiary/aromatic N) is 2. The van der Waals surface area contributed by atoms with Crippen LogP contribution in [-0.4, -0.2) is 36.1 Å². The van der Waals surface area contributed by atoms with Crippen LogP contribution < -0.4 is 10.6 Å². The third-order valence-electron chi connectivity index (χ3n) is 2.96. The lowest BCUT2D eigenvalue weighted by atomic mass is 10.2. The molecule has 0 radical (unpaired) electrons. The lowest BCUT2D eigenvalue weighted by Crippen LogP contribution is -2.47. The molecule has 0 amide bonds. The van der Waals surface area contributed by atoms with Crippen LogP contribution in [0.3, 0.4) is 0 Å². The highest BCUT2D eigenvalue weighted by molar-refractivity contribution is 5.94. The topological polar surface area (TPSA) is 75.2 Å². The van der Waals surface area contributed by atoms with Gasteiger partial charge in [0.2, 0.25) is 0 Å². The number of rotatable bonds is 2. The molecule has 0 aromatic carbocycles. The van der Waals surface area contributed by atoms with Crippen molar-refractivity contribution in [3.05, 3.63) is 23.9 Å². The Labute approximate surface area is 101 Å².